The Labute approximate surface area is 137 Å². The van der Waals surface area contributed by atoms with Crippen LogP contribution in [-0.2, 0) is 17.9 Å². The molecule has 0 spiro atoms. The Morgan fingerprint density at radius 1 is 1.21 bits per heavy atom. The molecular weight excluding hydrogens is 314 g/mol. The first-order valence-corrected chi connectivity index (χ1v) is 7.53. The summed E-state index contributed by atoms with van der Waals surface area (Å²) >= 11 is 0. The van der Waals surface area contributed by atoms with E-state index in [1.54, 1.807) is 42.9 Å². The van der Waals surface area contributed by atoms with Crippen molar-refractivity contribution in [3.8, 4) is 0 Å². The number of nitrogens with zero attached hydrogens (tertiary/aromatic N) is 3. The molecule has 0 bridgehead atoms. The fourth-order valence-corrected chi connectivity index (χ4v) is 2.53. The van der Waals surface area contributed by atoms with Crippen LogP contribution in [0.15, 0.2) is 48.9 Å². The Balaban J connectivity index is 1.66. The summed E-state index contributed by atoms with van der Waals surface area (Å²) in [5.41, 5.74) is 1.28. The van der Waals surface area contributed by atoms with Gasteiger partial charge in [-0.25, -0.2) is 13.8 Å². The topological polar surface area (TPSA) is 59.8 Å². The van der Waals surface area contributed by atoms with Crippen LogP contribution in [0.1, 0.15) is 24.1 Å². The number of nitrogens with one attached hydrogen (secondary N) is 1. The second-order valence-electron chi connectivity index (χ2n) is 5.32. The zero-order valence-electron chi connectivity index (χ0n) is 12.8. The Morgan fingerprint density at radius 3 is 2.75 bits per heavy atom. The number of rotatable bonds is 6. The summed E-state index contributed by atoms with van der Waals surface area (Å²) in [5, 5.41) is 3.41. The smallest absolute Gasteiger partial charge is 0.278 e. The first-order chi connectivity index (χ1) is 11.6. The van der Waals surface area contributed by atoms with Gasteiger partial charge in [-0.05, 0) is 35.9 Å². The van der Waals surface area contributed by atoms with Gasteiger partial charge in [0, 0.05) is 43.5 Å². The monoisotopic (exact) mass is 330 g/mol. The number of alkyl halides is 2. The van der Waals surface area contributed by atoms with Gasteiger partial charge in [0.15, 0.2) is 0 Å². The zero-order valence-corrected chi connectivity index (χ0v) is 12.8. The highest BCUT2D eigenvalue weighted by molar-refractivity contribution is 5.78. The minimum atomic E-state index is -2.61. The van der Waals surface area contributed by atoms with Crippen molar-refractivity contribution in [1.82, 2.24) is 19.9 Å². The van der Waals surface area contributed by atoms with Crippen LogP contribution >= 0.6 is 0 Å². The molecule has 0 fully saturated rings. The van der Waals surface area contributed by atoms with Crippen molar-refractivity contribution in [2.75, 3.05) is 0 Å². The van der Waals surface area contributed by atoms with Crippen LogP contribution in [0.4, 0.5) is 8.78 Å². The maximum Gasteiger partial charge on any atom is 0.278 e. The van der Waals surface area contributed by atoms with Crippen molar-refractivity contribution in [1.29, 1.82) is 0 Å². The highest BCUT2D eigenvalue weighted by Gasteiger charge is 2.18. The highest BCUT2D eigenvalue weighted by Crippen LogP contribution is 2.26. The van der Waals surface area contributed by atoms with Crippen LogP contribution < -0.4 is 5.32 Å². The number of carbonyl (C=O) groups excluding carboxylic acids is 1. The lowest BCUT2D eigenvalue weighted by atomic mass is 10.2. The minimum Gasteiger partial charge on any atom is -0.352 e. The lowest BCUT2D eigenvalue weighted by Gasteiger charge is -2.10. The summed E-state index contributed by atoms with van der Waals surface area (Å²) in [4.78, 5) is 20.0. The maximum absolute atomic E-state index is 13.2. The molecule has 0 saturated carbocycles. The van der Waals surface area contributed by atoms with Gasteiger partial charge >= 0.3 is 0 Å². The number of halogens is 2. The molecule has 7 heteroatoms. The van der Waals surface area contributed by atoms with Crippen molar-refractivity contribution >= 4 is 16.9 Å². The predicted molar refractivity (Wildman–Crippen MR) is 85.4 cm³/mol. The Kier molecular flexibility index (Phi) is 4.79. The van der Waals surface area contributed by atoms with Gasteiger partial charge in [0.05, 0.1) is 5.69 Å². The summed E-state index contributed by atoms with van der Waals surface area (Å²) in [6.45, 7) is 0.538. The summed E-state index contributed by atoms with van der Waals surface area (Å²) in [6.07, 6.45) is 2.34. The molecule has 5 nitrogen and oxygen atoms in total. The summed E-state index contributed by atoms with van der Waals surface area (Å²) in [5.74, 6) is -0.204. The predicted octanol–water partition coefficient (Wildman–Crippen LogP) is 3.08. The zero-order chi connectivity index (χ0) is 16.9. The number of aryl methyl sites for hydroxylation is 1. The number of carbonyl (C=O) groups is 1. The largest absolute Gasteiger partial charge is 0.352 e. The van der Waals surface area contributed by atoms with E-state index in [0.717, 1.165) is 5.56 Å². The molecule has 0 aliphatic carbocycles. The van der Waals surface area contributed by atoms with Gasteiger partial charge in [0.25, 0.3) is 6.43 Å². The van der Waals surface area contributed by atoms with Gasteiger partial charge in [0.1, 0.15) is 5.65 Å². The standard InChI is InChI=1S/C17H16F2N4O/c18-16(19)14-10-13-2-1-6-21-17(13)23(14)9-5-15(24)22-11-12-3-7-20-8-4-12/h1-4,6-8,10,16H,5,9,11H2,(H,22,24). The van der Waals surface area contributed by atoms with E-state index in [1.807, 2.05) is 0 Å². The number of aromatic nitrogens is 3. The lowest BCUT2D eigenvalue weighted by Crippen LogP contribution is -2.24. The first kappa shape index (κ1) is 16.0. The van der Waals surface area contributed by atoms with E-state index in [9.17, 15) is 13.6 Å². The van der Waals surface area contributed by atoms with Crippen molar-refractivity contribution in [3.05, 3.63) is 60.2 Å². The van der Waals surface area contributed by atoms with Crippen LogP contribution in [0.25, 0.3) is 11.0 Å². The Hall–Kier alpha value is -2.83. The van der Waals surface area contributed by atoms with E-state index >= 15 is 0 Å². The summed E-state index contributed by atoms with van der Waals surface area (Å²) in [7, 11) is 0. The molecule has 3 aromatic heterocycles. The number of fused-ring (bicyclic) bond motifs is 1. The van der Waals surface area contributed by atoms with Crippen molar-refractivity contribution in [2.45, 2.75) is 25.9 Å². The van der Waals surface area contributed by atoms with Crippen LogP contribution in [-0.4, -0.2) is 20.4 Å². The normalized spacial score (nSPS) is 11.1. The number of amides is 1. The second kappa shape index (κ2) is 7.16. The molecule has 0 aliphatic heterocycles. The third kappa shape index (κ3) is 3.56. The molecule has 0 unspecified atom stereocenters. The SMILES string of the molecule is O=C(CCn1c(C(F)F)cc2cccnc21)NCc1ccncc1. The maximum atomic E-state index is 13.2. The van der Waals surface area contributed by atoms with E-state index in [2.05, 4.69) is 15.3 Å². The third-order valence-electron chi connectivity index (χ3n) is 3.71. The molecule has 0 aliphatic rings. The molecule has 0 aromatic carbocycles. The molecule has 1 N–H and O–H groups in total. The molecular formula is C17H16F2N4O. The second-order valence-corrected chi connectivity index (χ2v) is 5.32. The van der Waals surface area contributed by atoms with Crippen LogP contribution in [0, 0.1) is 0 Å². The molecule has 3 rings (SSSR count). The Morgan fingerprint density at radius 2 is 2.00 bits per heavy atom. The van der Waals surface area contributed by atoms with E-state index in [1.165, 1.54) is 10.6 Å². The Bertz CT molecular complexity index is 833. The quantitative estimate of drug-likeness (QED) is 0.755. The molecule has 0 saturated heterocycles. The van der Waals surface area contributed by atoms with Gasteiger partial charge in [-0.3, -0.25) is 9.78 Å². The van der Waals surface area contributed by atoms with Gasteiger partial charge in [-0.1, -0.05) is 0 Å². The number of hydrogen-bond donors (Lipinski definition) is 1. The van der Waals surface area contributed by atoms with E-state index < -0.39 is 6.43 Å². The third-order valence-corrected chi connectivity index (χ3v) is 3.71. The molecule has 3 heterocycles. The van der Waals surface area contributed by atoms with Gasteiger partial charge < -0.3 is 9.88 Å². The number of hydrogen-bond acceptors (Lipinski definition) is 3. The molecule has 3 aromatic rings. The van der Waals surface area contributed by atoms with Crippen LogP contribution in [0.5, 0.6) is 0 Å². The highest BCUT2D eigenvalue weighted by atomic mass is 19.3. The van der Waals surface area contributed by atoms with Gasteiger partial charge in [-0.2, -0.15) is 0 Å². The van der Waals surface area contributed by atoms with Crippen molar-refractivity contribution in [3.63, 3.8) is 0 Å². The fraction of sp³-hybridized carbons (Fsp3) is 0.235. The van der Waals surface area contributed by atoms with Gasteiger partial charge in [-0.15, -0.1) is 0 Å². The molecule has 124 valence electrons. The number of pyridine rings is 2. The minimum absolute atomic E-state index is 0.102. The average Bonchev–Trinajstić information content (AvgIpc) is 2.98. The van der Waals surface area contributed by atoms with E-state index in [4.69, 9.17) is 0 Å². The van der Waals surface area contributed by atoms with Gasteiger partial charge in [0.2, 0.25) is 5.91 Å². The summed E-state index contributed by atoms with van der Waals surface area (Å²) < 4.78 is 27.8. The van der Waals surface area contributed by atoms with E-state index in [-0.39, 0.29) is 24.6 Å². The molecule has 0 atom stereocenters. The van der Waals surface area contributed by atoms with Crippen molar-refractivity contribution in [2.24, 2.45) is 0 Å². The van der Waals surface area contributed by atoms with Crippen LogP contribution in [0.3, 0.4) is 0 Å². The van der Waals surface area contributed by atoms with E-state index in [0.29, 0.717) is 17.6 Å². The molecule has 1 amide bonds. The molecule has 0 radical (unpaired) electrons. The summed E-state index contributed by atoms with van der Waals surface area (Å²) in [6, 6.07) is 8.45. The van der Waals surface area contributed by atoms with Crippen LogP contribution in [0.2, 0.25) is 0 Å². The first-order valence-electron chi connectivity index (χ1n) is 7.53. The van der Waals surface area contributed by atoms with Crippen molar-refractivity contribution < 1.29 is 13.6 Å². The lowest BCUT2D eigenvalue weighted by molar-refractivity contribution is -0.121. The fourth-order valence-electron chi connectivity index (χ4n) is 2.53. The average molecular weight is 330 g/mol. The molecule has 24 heavy (non-hydrogen) atoms.